The molecular formula is C9H10O3. The van der Waals surface area contributed by atoms with Gasteiger partial charge in [0.1, 0.15) is 11.5 Å². The van der Waals surface area contributed by atoms with Crippen LogP contribution in [-0.4, -0.2) is 13.1 Å². The Kier molecular flexibility index (Phi) is 2.69. The number of ether oxygens (including phenoxy) is 2. The molecule has 0 heterocycles. The van der Waals surface area contributed by atoms with E-state index in [1.807, 2.05) is 0 Å². The summed E-state index contributed by atoms with van der Waals surface area (Å²) in [6, 6.07) is 6.83. The van der Waals surface area contributed by atoms with Crippen molar-refractivity contribution in [2.75, 3.05) is 7.11 Å². The van der Waals surface area contributed by atoms with Gasteiger partial charge in [0.2, 0.25) is 0 Å². The third-order valence-corrected chi connectivity index (χ3v) is 1.32. The average Bonchev–Trinajstić information content (AvgIpc) is 2.05. The van der Waals surface area contributed by atoms with Crippen LogP contribution in [0.4, 0.5) is 0 Å². The summed E-state index contributed by atoms with van der Waals surface area (Å²) in [5.74, 6) is 0.953. The molecule has 0 bridgehead atoms. The first-order valence-electron chi connectivity index (χ1n) is 3.55. The first-order chi connectivity index (χ1) is 5.72. The first-order valence-corrected chi connectivity index (χ1v) is 3.55. The van der Waals surface area contributed by atoms with Gasteiger partial charge in [0.25, 0.3) is 0 Å². The summed E-state index contributed by atoms with van der Waals surface area (Å²) in [6.07, 6.45) is 0. The second-order valence-corrected chi connectivity index (χ2v) is 2.27. The number of rotatable bonds is 2. The number of carbonyl (C=O) groups excluding carboxylic acids is 1. The zero-order valence-electron chi connectivity index (χ0n) is 7.03. The molecule has 0 aromatic heterocycles. The van der Waals surface area contributed by atoms with Crippen molar-refractivity contribution in [1.82, 2.24) is 0 Å². The van der Waals surface area contributed by atoms with Crippen LogP contribution in [0.1, 0.15) is 6.92 Å². The van der Waals surface area contributed by atoms with E-state index in [1.54, 1.807) is 31.4 Å². The Balaban J connectivity index is 2.71. The molecule has 0 saturated carbocycles. The molecule has 0 saturated heterocycles. The zero-order chi connectivity index (χ0) is 8.97. The smallest absolute Gasteiger partial charge is 0.308 e. The summed E-state index contributed by atoms with van der Waals surface area (Å²) in [6.45, 7) is 1.37. The van der Waals surface area contributed by atoms with E-state index in [0.29, 0.717) is 5.75 Å². The largest absolute Gasteiger partial charge is 0.497 e. The van der Waals surface area contributed by atoms with Crippen LogP contribution in [0.25, 0.3) is 0 Å². The predicted octanol–water partition coefficient (Wildman–Crippen LogP) is 1.62. The van der Waals surface area contributed by atoms with Crippen molar-refractivity contribution in [3.8, 4) is 11.5 Å². The molecule has 3 heteroatoms. The molecule has 0 aliphatic rings. The zero-order valence-corrected chi connectivity index (χ0v) is 7.03. The lowest BCUT2D eigenvalue weighted by atomic mass is 10.3. The maximum Gasteiger partial charge on any atom is 0.308 e. The van der Waals surface area contributed by atoms with E-state index in [4.69, 9.17) is 9.47 Å². The number of hydrogen-bond acceptors (Lipinski definition) is 3. The topological polar surface area (TPSA) is 35.5 Å². The van der Waals surface area contributed by atoms with E-state index < -0.39 is 0 Å². The lowest BCUT2D eigenvalue weighted by Gasteiger charge is -2.01. The molecule has 0 fully saturated rings. The van der Waals surface area contributed by atoms with Gasteiger partial charge in [-0.05, 0) is 24.3 Å². The second kappa shape index (κ2) is 3.76. The van der Waals surface area contributed by atoms with Crippen LogP contribution < -0.4 is 9.47 Å². The van der Waals surface area contributed by atoms with E-state index in [9.17, 15) is 4.79 Å². The highest BCUT2D eigenvalue weighted by Gasteiger charge is 1.96. The summed E-state index contributed by atoms with van der Waals surface area (Å²) >= 11 is 0. The van der Waals surface area contributed by atoms with Crippen LogP contribution in [0.15, 0.2) is 24.3 Å². The van der Waals surface area contributed by atoms with E-state index in [-0.39, 0.29) is 5.97 Å². The number of benzene rings is 1. The van der Waals surface area contributed by atoms with Crippen molar-refractivity contribution in [3.05, 3.63) is 24.3 Å². The second-order valence-electron chi connectivity index (χ2n) is 2.27. The average molecular weight is 167 g/mol. The van der Waals surface area contributed by atoms with Gasteiger partial charge in [0.05, 0.1) is 7.11 Å². The lowest BCUT2D eigenvalue weighted by Crippen LogP contribution is -2.00. The van der Waals surface area contributed by atoms with Crippen molar-refractivity contribution in [2.45, 2.75) is 6.92 Å². The number of carbonyl (C=O) groups is 1. The minimum atomic E-state index is -0.319. The molecule has 12 heavy (non-hydrogen) atoms. The molecular weight excluding hydrogens is 157 g/mol. The predicted molar refractivity (Wildman–Crippen MR) is 44.3 cm³/mol. The Hall–Kier alpha value is -1.51. The van der Waals surface area contributed by atoms with Gasteiger partial charge in [-0.3, -0.25) is 4.79 Å². The maximum absolute atomic E-state index is 10.5. The fourth-order valence-corrected chi connectivity index (χ4v) is 0.810. The van der Waals surface area contributed by atoms with Crippen LogP contribution in [0, 0.1) is 0 Å². The molecule has 0 atom stereocenters. The van der Waals surface area contributed by atoms with Gasteiger partial charge in [-0.2, -0.15) is 0 Å². The molecule has 0 radical (unpaired) electrons. The van der Waals surface area contributed by atoms with Gasteiger partial charge in [0, 0.05) is 6.92 Å². The van der Waals surface area contributed by atoms with E-state index in [0.717, 1.165) is 5.75 Å². The van der Waals surface area contributed by atoms with Gasteiger partial charge >= 0.3 is 5.97 Å². The van der Waals surface area contributed by atoms with E-state index >= 15 is 0 Å². The van der Waals surface area contributed by atoms with Crippen molar-refractivity contribution >= 4 is 5.97 Å². The highest BCUT2D eigenvalue weighted by atomic mass is 16.6. The fourth-order valence-electron chi connectivity index (χ4n) is 0.810. The molecule has 0 amide bonds. The summed E-state index contributed by atoms with van der Waals surface area (Å²) in [7, 11) is 1.58. The quantitative estimate of drug-likeness (QED) is 0.381. The van der Waals surface area contributed by atoms with Crippen LogP contribution >= 0.6 is 0 Å². The van der Waals surface area contributed by atoms with E-state index in [1.165, 1.54) is 6.92 Å². The molecule has 1 aromatic carbocycles. The van der Waals surface area contributed by atoms with Crippen LogP contribution in [0.3, 0.4) is 0 Å². The van der Waals surface area contributed by atoms with Gasteiger partial charge < -0.3 is 9.47 Å². The molecule has 1 rings (SSSR count). The summed E-state index contributed by atoms with van der Waals surface area (Å²) < 4.78 is 9.75. The van der Waals surface area contributed by atoms with Crippen molar-refractivity contribution in [2.24, 2.45) is 0 Å². The lowest BCUT2D eigenvalue weighted by molar-refractivity contribution is -0.131. The molecule has 0 N–H and O–H groups in total. The maximum atomic E-state index is 10.5. The normalized spacial score (nSPS) is 9.17. The van der Waals surface area contributed by atoms with Crippen molar-refractivity contribution in [1.29, 1.82) is 0 Å². The molecule has 64 valence electrons. The minimum absolute atomic E-state index is 0.319. The first kappa shape index (κ1) is 8.59. The molecule has 3 nitrogen and oxygen atoms in total. The van der Waals surface area contributed by atoms with Crippen molar-refractivity contribution < 1.29 is 14.3 Å². The highest BCUT2D eigenvalue weighted by Crippen LogP contribution is 2.16. The summed E-state index contributed by atoms with van der Waals surface area (Å²) in [5, 5.41) is 0. The van der Waals surface area contributed by atoms with Gasteiger partial charge in [-0.25, -0.2) is 0 Å². The van der Waals surface area contributed by atoms with Gasteiger partial charge in [-0.1, -0.05) is 0 Å². The fraction of sp³-hybridized carbons (Fsp3) is 0.222. The Morgan fingerprint density at radius 1 is 1.17 bits per heavy atom. The molecule has 0 aliphatic heterocycles. The van der Waals surface area contributed by atoms with Crippen LogP contribution in [0.2, 0.25) is 0 Å². The van der Waals surface area contributed by atoms with Crippen LogP contribution in [-0.2, 0) is 4.79 Å². The number of hydrogen-bond donors (Lipinski definition) is 0. The van der Waals surface area contributed by atoms with Gasteiger partial charge in [0.15, 0.2) is 0 Å². The van der Waals surface area contributed by atoms with Gasteiger partial charge in [-0.15, -0.1) is 0 Å². The molecule has 1 aromatic rings. The molecule has 0 aliphatic carbocycles. The molecule has 0 unspecified atom stereocenters. The van der Waals surface area contributed by atoms with Crippen molar-refractivity contribution in [3.63, 3.8) is 0 Å². The van der Waals surface area contributed by atoms with E-state index in [2.05, 4.69) is 0 Å². The van der Waals surface area contributed by atoms with Crippen LogP contribution in [0.5, 0.6) is 11.5 Å². The third-order valence-electron chi connectivity index (χ3n) is 1.32. The number of methoxy groups -OCH3 is 1. The molecule has 0 spiro atoms. The summed E-state index contributed by atoms with van der Waals surface area (Å²) in [5.41, 5.74) is 0. The Morgan fingerprint density at radius 2 is 1.67 bits per heavy atom. The SMILES string of the molecule is COc1ccc(O[13C](C)=O)cc1. The highest BCUT2D eigenvalue weighted by molar-refractivity contribution is 5.69. The number of esters is 1. The Labute approximate surface area is 70.9 Å². The standard InChI is InChI=1S/C9H10O3/c1-7(10)12-9-5-3-8(11-2)4-6-9/h3-6H,1-2H3/i7+1. The Bertz CT molecular complexity index is 264. The monoisotopic (exact) mass is 167 g/mol. The summed E-state index contributed by atoms with van der Waals surface area (Å²) in [4.78, 5) is 10.5. The minimum Gasteiger partial charge on any atom is -0.497 e. The third kappa shape index (κ3) is 2.27. The Morgan fingerprint density at radius 3 is 2.08 bits per heavy atom.